The monoisotopic (exact) mass is 292 g/mol. The van der Waals surface area contributed by atoms with Gasteiger partial charge in [-0.25, -0.2) is 0 Å². The van der Waals surface area contributed by atoms with Gasteiger partial charge in [0.1, 0.15) is 0 Å². The minimum atomic E-state index is 1.33. The molecule has 0 spiro atoms. The first-order valence-corrected chi connectivity index (χ1v) is 8.11. The molecule has 0 atom stereocenters. The lowest BCUT2D eigenvalue weighted by Crippen LogP contribution is -1.84. The van der Waals surface area contributed by atoms with Crippen molar-refractivity contribution in [2.75, 3.05) is 0 Å². The van der Waals surface area contributed by atoms with E-state index in [0.29, 0.717) is 0 Å². The maximum absolute atomic E-state index is 2.27. The lowest BCUT2D eigenvalue weighted by atomic mass is 10.0. The summed E-state index contributed by atoms with van der Waals surface area (Å²) >= 11 is 1.88. The zero-order valence-corrected chi connectivity index (χ0v) is 13.8. The van der Waals surface area contributed by atoms with E-state index in [1.807, 2.05) is 11.3 Å². The number of aryl methyl sites for hydroxylation is 4. The fourth-order valence-electron chi connectivity index (χ4n) is 2.95. The summed E-state index contributed by atoms with van der Waals surface area (Å²) < 4.78 is 0. The summed E-state index contributed by atoms with van der Waals surface area (Å²) in [5, 5.41) is 0. The maximum atomic E-state index is 2.27. The average molecular weight is 292 g/mol. The topological polar surface area (TPSA) is 0 Å². The Hall–Kier alpha value is -1.86. The first-order chi connectivity index (χ1) is 10.0. The minimum absolute atomic E-state index is 1.33. The molecule has 0 bridgehead atoms. The molecule has 0 amide bonds. The molecule has 2 aromatic carbocycles. The van der Waals surface area contributed by atoms with Crippen molar-refractivity contribution in [3.05, 3.63) is 70.8 Å². The summed E-state index contributed by atoms with van der Waals surface area (Å²) in [5.74, 6) is 0. The standard InChI is InChI=1S/C20H20S/c1-13-10-14(2)12-17(11-13)18-8-9-19(21-18)20-15(3)6-5-7-16(20)4/h5-12H,1-4H3. The van der Waals surface area contributed by atoms with Gasteiger partial charge in [0.25, 0.3) is 0 Å². The van der Waals surface area contributed by atoms with E-state index in [2.05, 4.69) is 76.2 Å². The van der Waals surface area contributed by atoms with Gasteiger partial charge >= 0.3 is 0 Å². The highest BCUT2D eigenvalue weighted by Crippen LogP contribution is 2.37. The molecule has 21 heavy (non-hydrogen) atoms. The zero-order valence-electron chi connectivity index (χ0n) is 13.0. The van der Waals surface area contributed by atoms with Crippen molar-refractivity contribution in [1.82, 2.24) is 0 Å². The van der Waals surface area contributed by atoms with Gasteiger partial charge in [0, 0.05) is 9.75 Å². The van der Waals surface area contributed by atoms with Crippen LogP contribution in [-0.4, -0.2) is 0 Å². The summed E-state index contributed by atoms with van der Waals surface area (Å²) in [4.78, 5) is 2.71. The van der Waals surface area contributed by atoms with Crippen molar-refractivity contribution >= 4 is 11.3 Å². The summed E-state index contributed by atoms with van der Waals surface area (Å²) in [7, 11) is 0. The fourth-order valence-corrected chi connectivity index (χ4v) is 4.12. The lowest BCUT2D eigenvalue weighted by Gasteiger charge is -2.07. The van der Waals surface area contributed by atoms with Gasteiger partial charge in [-0.15, -0.1) is 11.3 Å². The van der Waals surface area contributed by atoms with E-state index in [9.17, 15) is 0 Å². The van der Waals surface area contributed by atoms with Crippen LogP contribution in [0.2, 0.25) is 0 Å². The largest absolute Gasteiger partial charge is 0.135 e. The fraction of sp³-hybridized carbons (Fsp3) is 0.200. The van der Waals surface area contributed by atoms with E-state index >= 15 is 0 Å². The normalized spacial score (nSPS) is 10.9. The minimum Gasteiger partial charge on any atom is -0.135 e. The molecule has 106 valence electrons. The van der Waals surface area contributed by atoms with Crippen LogP contribution in [-0.2, 0) is 0 Å². The molecule has 0 saturated heterocycles. The molecule has 1 aromatic heterocycles. The number of benzene rings is 2. The molecular formula is C20H20S. The SMILES string of the molecule is Cc1cc(C)cc(-c2ccc(-c3c(C)cccc3C)s2)c1. The Labute approximate surface area is 131 Å². The van der Waals surface area contributed by atoms with E-state index in [0.717, 1.165) is 0 Å². The number of rotatable bonds is 2. The van der Waals surface area contributed by atoms with Crippen molar-refractivity contribution < 1.29 is 0 Å². The second kappa shape index (κ2) is 5.50. The van der Waals surface area contributed by atoms with Crippen LogP contribution in [0.4, 0.5) is 0 Å². The smallest absolute Gasteiger partial charge is 0.0354 e. The summed E-state index contributed by atoms with van der Waals surface area (Å²) in [6, 6.07) is 17.8. The average Bonchev–Trinajstić information content (AvgIpc) is 2.87. The van der Waals surface area contributed by atoms with Crippen LogP contribution in [0.3, 0.4) is 0 Å². The molecule has 1 heteroatoms. The molecule has 0 saturated carbocycles. The highest BCUT2D eigenvalue weighted by atomic mass is 32.1. The van der Waals surface area contributed by atoms with Gasteiger partial charge in [-0.3, -0.25) is 0 Å². The van der Waals surface area contributed by atoms with Crippen molar-refractivity contribution in [2.24, 2.45) is 0 Å². The van der Waals surface area contributed by atoms with E-state index in [-0.39, 0.29) is 0 Å². The summed E-state index contributed by atoms with van der Waals surface area (Å²) in [6.07, 6.45) is 0. The molecule has 0 nitrogen and oxygen atoms in total. The van der Waals surface area contributed by atoms with Crippen LogP contribution in [0, 0.1) is 27.7 Å². The Kier molecular flexibility index (Phi) is 3.69. The predicted molar refractivity (Wildman–Crippen MR) is 94.1 cm³/mol. The second-order valence-electron chi connectivity index (χ2n) is 5.81. The van der Waals surface area contributed by atoms with E-state index in [1.165, 1.54) is 43.1 Å². The molecule has 0 unspecified atom stereocenters. The summed E-state index contributed by atoms with van der Waals surface area (Å²) in [5.41, 5.74) is 8.07. The van der Waals surface area contributed by atoms with Crippen LogP contribution in [0.15, 0.2) is 48.5 Å². The quantitative estimate of drug-likeness (QED) is 0.518. The first-order valence-electron chi connectivity index (χ1n) is 7.29. The molecule has 0 N–H and O–H groups in total. The highest BCUT2D eigenvalue weighted by molar-refractivity contribution is 7.18. The van der Waals surface area contributed by atoms with Crippen LogP contribution in [0.1, 0.15) is 22.3 Å². The third kappa shape index (κ3) is 2.79. The highest BCUT2D eigenvalue weighted by Gasteiger charge is 2.09. The van der Waals surface area contributed by atoms with E-state index in [4.69, 9.17) is 0 Å². The summed E-state index contributed by atoms with van der Waals surface area (Å²) in [6.45, 7) is 8.71. The van der Waals surface area contributed by atoms with Gasteiger partial charge in [0.15, 0.2) is 0 Å². The Morgan fingerprint density at radius 3 is 1.86 bits per heavy atom. The molecule has 0 radical (unpaired) electrons. The van der Waals surface area contributed by atoms with Gasteiger partial charge in [-0.1, -0.05) is 47.5 Å². The molecule has 0 aliphatic rings. The molecule has 0 fully saturated rings. The zero-order chi connectivity index (χ0) is 15.0. The van der Waals surface area contributed by atoms with Gasteiger partial charge < -0.3 is 0 Å². The van der Waals surface area contributed by atoms with Crippen LogP contribution in [0.5, 0.6) is 0 Å². The van der Waals surface area contributed by atoms with E-state index < -0.39 is 0 Å². The molecule has 3 rings (SSSR count). The maximum Gasteiger partial charge on any atom is 0.0354 e. The van der Waals surface area contributed by atoms with Crippen molar-refractivity contribution in [3.63, 3.8) is 0 Å². The number of hydrogen-bond donors (Lipinski definition) is 0. The molecule has 0 aliphatic heterocycles. The molecule has 1 heterocycles. The third-order valence-electron chi connectivity index (χ3n) is 3.84. The van der Waals surface area contributed by atoms with Crippen molar-refractivity contribution in [2.45, 2.75) is 27.7 Å². The van der Waals surface area contributed by atoms with Crippen LogP contribution in [0.25, 0.3) is 20.9 Å². The Balaban J connectivity index is 2.08. The third-order valence-corrected chi connectivity index (χ3v) is 4.99. The Morgan fingerprint density at radius 2 is 1.24 bits per heavy atom. The van der Waals surface area contributed by atoms with Gasteiger partial charge in [-0.05, 0) is 62.1 Å². The van der Waals surface area contributed by atoms with Crippen LogP contribution < -0.4 is 0 Å². The van der Waals surface area contributed by atoms with Crippen molar-refractivity contribution in [3.8, 4) is 20.9 Å². The predicted octanol–water partition coefficient (Wildman–Crippen LogP) is 6.32. The van der Waals surface area contributed by atoms with Gasteiger partial charge in [0.2, 0.25) is 0 Å². The number of thiophene rings is 1. The van der Waals surface area contributed by atoms with E-state index in [1.54, 1.807) is 0 Å². The second-order valence-corrected chi connectivity index (χ2v) is 6.89. The van der Waals surface area contributed by atoms with Crippen LogP contribution >= 0.6 is 11.3 Å². The lowest BCUT2D eigenvalue weighted by molar-refractivity contribution is 1.39. The first kappa shape index (κ1) is 14.1. The number of hydrogen-bond acceptors (Lipinski definition) is 1. The van der Waals surface area contributed by atoms with Gasteiger partial charge in [0.05, 0.1) is 0 Å². The molecular weight excluding hydrogens is 272 g/mol. The molecule has 3 aromatic rings. The van der Waals surface area contributed by atoms with Crippen molar-refractivity contribution in [1.29, 1.82) is 0 Å². The van der Waals surface area contributed by atoms with Gasteiger partial charge in [-0.2, -0.15) is 0 Å². The Morgan fingerprint density at radius 1 is 0.667 bits per heavy atom. The Bertz CT molecular complexity index is 753. The molecule has 0 aliphatic carbocycles.